The van der Waals surface area contributed by atoms with Crippen LogP contribution in [0.2, 0.25) is 5.02 Å². The van der Waals surface area contributed by atoms with Gasteiger partial charge >= 0.3 is 5.97 Å². The second-order valence-electron chi connectivity index (χ2n) is 7.10. The first kappa shape index (κ1) is 20.5. The molecule has 0 aliphatic rings. The van der Waals surface area contributed by atoms with Gasteiger partial charge in [-0.05, 0) is 47.5 Å². The number of allylic oxidation sites excluding steroid dienone is 1. The van der Waals surface area contributed by atoms with E-state index < -0.39 is 0 Å². The van der Waals surface area contributed by atoms with Crippen LogP contribution in [-0.2, 0) is 11.3 Å². The Morgan fingerprint density at radius 2 is 1.84 bits per heavy atom. The number of methoxy groups -OCH3 is 1. The molecule has 0 unspecified atom stereocenters. The molecule has 4 rings (SSSR count). The number of ether oxygens (including phenoxy) is 1. The Balaban J connectivity index is 1.76. The Morgan fingerprint density at radius 1 is 1.06 bits per heavy atom. The van der Waals surface area contributed by atoms with Gasteiger partial charge < -0.3 is 9.30 Å². The van der Waals surface area contributed by atoms with Crippen LogP contribution in [0.15, 0.2) is 79.0 Å². The fourth-order valence-corrected chi connectivity index (χ4v) is 3.81. The zero-order valence-corrected chi connectivity index (χ0v) is 17.6. The molecule has 0 amide bonds. The van der Waals surface area contributed by atoms with E-state index in [0.29, 0.717) is 22.7 Å². The minimum absolute atomic E-state index is 0.358. The van der Waals surface area contributed by atoms with Gasteiger partial charge in [-0.25, -0.2) is 4.79 Å². The van der Waals surface area contributed by atoms with Gasteiger partial charge in [0.05, 0.1) is 24.3 Å². The van der Waals surface area contributed by atoms with Crippen molar-refractivity contribution in [1.29, 1.82) is 5.26 Å². The van der Waals surface area contributed by atoms with Crippen molar-refractivity contribution in [3.8, 4) is 6.07 Å². The number of esters is 1. The molecule has 0 N–H and O–H groups in total. The van der Waals surface area contributed by atoms with Crippen molar-refractivity contribution < 1.29 is 9.53 Å². The first-order valence-corrected chi connectivity index (χ1v) is 10.1. The summed E-state index contributed by atoms with van der Waals surface area (Å²) in [4.78, 5) is 11.9. The molecule has 1 aromatic heterocycles. The van der Waals surface area contributed by atoms with Gasteiger partial charge in [-0.2, -0.15) is 5.26 Å². The third kappa shape index (κ3) is 4.37. The number of fused-ring (bicyclic) bond motifs is 1. The molecule has 0 saturated heterocycles. The van der Waals surface area contributed by atoms with Crippen LogP contribution in [0.5, 0.6) is 0 Å². The van der Waals surface area contributed by atoms with E-state index in [0.717, 1.165) is 27.6 Å². The summed E-state index contributed by atoms with van der Waals surface area (Å²) in [5.74, 6) is -0.358. The minimum atomic E-state index is -0.358. The van der Waals surface area contributed by atoms with Crippen LogP contribution in [0.3, 0.4) is 0 Å². The van der Waals surface area contributed by atoms with Gasteiger partial charge in [0, 0.05) is 34.2 Å². The molecule has 0 aliphatic heterocycles. The second-order valence-corrected chi connectivity index (χ2v) is 7.54. The van der Waals surface area contributed by atoms with Crippen LogP contribution in [0.4, 0.5) is 0 Å². The van der Waals surface area contributed by atoms with Crippen molar-refractivity contribution in [3.05, 3.63) is 106 Å². The highest BCUT2D eigenvalue weighted by Gasteiger charge is 2.11. The molecular weight excluding hydrogens is 408 g/mol. The van der Waals surface area contributed by atoms with Crippen molar-refractivity contribution in [3.63, 3.8) is 0 Å². The van der Waals surface area contributed by atoms with Gasteiger partial charge in [0.1, 0.15) is 0 Å². The van der Waals surface area contributed by atoms with E-state index in [9.17, 15) is 10.1 Å². The highest BCUT2D eigenvalue weighted by atomic mass is 35.5. The smallest absolute Gasteiger partial charge is 0.337 e. The average Bonchev–Trinajstić information content (AvgIpc) is 3.14. The molecule has 0 atom stereocenters. The van der Waals surface area contributed by atoms with E-state index in [2.05, 4.69) is 10.6 Å². The van der Waals surface area contributed by atoms with E-state index in [1.165, 1.54) is 7.11 Å². The Morgan fingerprint density at radius 3 is 2.61 bits per heavy atom. The van der Waals surface area contributed by atoms with Crippen molar-refractivity contribution >= 4 is 40.1 Å². The summed E-state index contributed by atoms with van der Waals surface area (Å²) in [6, 6.07) is 25.0. The number of carbonyl (C=O) groups excluding carboxylic acids is 1. The van der Waals surface area contributed by atoms with Gasteiger partial charge in [0.2, 0.25) is 0 Å². The van der Waals surface area contributed by atoms with Gasteiger partial charge in [0.25, 0.3) is 0 Å². The molecule has 4 aromatic rings. The Bertz CT molecular complexity index is 1350. The topological polar surface area (TPSA) is 55.0 Å². The number of para-hydroxylation sites is 1. The lowest BCUT2D eigenvalue weighted by atomic mass is 10.0. The predicted molar refractivity (Wildman–Crippen MR) is 124 cm³/mol. The van der Waals surface area contributed by atoms with Crippen molar-refractivity contribution in [2.75, 3.05) is 7.11 Å². The minimum Gasteiger partial charge on any atom is -0.465 e. The molecule has 0 spiro atoms. The number of nitriles is 1. The Labute approximate surface area is 185 Å². The predicted octanol–water partition coefficient (Wildman–Crippen LogP) is 6.19. The molecule has 0 fully saturated rings. The fraction of sp³-hybridized carbons (Fsp3) is 0.0769. The molecule has 5 heteroatoms. The third-order valence-electron chi connectivity index (χ3n) is 5.08. The van der Waals surface area contributed by atoms with E-state index in [-0.39, 0.29) is 5.97 Å². The van der Waals surface area contributed by atoms with Crippen molar-refractivity contribution in [1.82, 2.24) is 4.57 Å². The molecule has 0 saturated carbocycles. The zero-order valence-electron chi connectivity index (χ0n) is 16.9. The number of benzene rings is 3. The summed E-state index contributed by atoms with van der Waals surface area (Å²) in [6.07, 6.45) is 3.91. The standard InChI is InChI=1S/C26H19ClN2O2/c1-31-26(30)20-8-4-6-18(12-20)16-29-17-22(24-10-2-3-11-25(24)29)13-21(15-28)19-7-5-9-23(27)14-19/h2-14,17H,16H2,1H3. The van der Waals surface area contributed by atoms with E-state index in [1.807, 2.05) is 66.9 Å². The van der Waals surface area contributed by atoms with Gasteiger partial charge in [-0.3, -0.25) is 0 Å². The van der Waals surface area contributed by atoms with Crippen LogP contribution in [0.1, 0.15) is 27.0 Å². The Hall–Kier alpha value is -3.81. The lowest BCUT2D eigenvalue weighted by Gasteiger charge is -2.07. The number of halogens is 1. The van der Waals surface area contributed by atoms with Crippen molar-refractivity contribution in [2.24, 2.45) is 0 Å². The van der Waals surface area contributed by atoms with Gasteiger partial charge in [-0.1, -0.05) is 54.1 Å². The maximum atomic E-state index is 11.9. The lowest BCUT2D eigenvalue weighted by Crippen LogP contribution is -2.03. The number of hydrogen-bond donors (Lipinski definition) is 0. The van der Waals surface area contributed by atoms with Crippen LogP contribution in [0.25, 0.3) is 22.6 Å². The highest BCUT2D eigenvalue weighted by molar-refractivity contribution is 6.30. The van der Waals surface area contributed by atoms with Crippen LogP contribution < -0.4 is 0 Å². The number of nitrogens with zero attached hydrogens (tertiary/aromatic N) is 2. The normalized spacial score (nSPS) is 11.3. The molecular formula is C26H19ClN2O2. The Kier molecular flexibility index (Phi) is 5.88. The maximum Gasteiger partial charge on any atom is 0.337 e. The monoisotopic (exact) mass is 426 g/mol. The largest absolute Gasteiger partial charge is 0.465 e. The van der Waals surface area contributed by atoms with Gasteiger partial charge in [0.15, 0.2) is 0 Å². The fourth-order valence-electron chi connectivity index (χ4n) is 3.62. The van der Waals surface area contributed by atoms with Gasteiger partial charge in [-0.15, -0.1) is 0 Å². The third-order valence-corrected chi connectivity index (χ3v) is 5.31. The zero-order chi connectivity index (χ0) is 21.8. The van der Waals surface area contributed by atoms with Crippen LogP contribution in [0, 0.1) is 11.3 Å². The molecule has 152 valence electrons. The molecule has 31 heavy (non-hydrogen) atoms. The molecule has 1 heterocycles. The van der Waals surface area contributed by atoms with E-state index >= 15 is 0 Å². The second kappa shape index (κ2) is 8.91. The summed E-state index contributed by atoms with van der Waals surface area (Å²) in [6.45, 7) is 0.582. The van der Waals surface area contributed by atoms with E-state index in [4.69, 9.17) is 16.3 Å². The molecule has 0 aliphatic carbocycles. The van der Waals surface area contributed by atoms with E-state index in [1.54, 1.807) is 18.2 Å². The SMILES string of the molecule is COC(=O)c1cccc(Cn2cc(C=C(C#N)c3cccc(Cl)c3)c3ccccc32)c1. The van der Waals surface area contributed by atoms with Crippen molar-refractivity contribution in [2.45, 2.75) is 6.54 Å². The summed E-state index contributed by atoms with van der Waals surface area (Å²) in [5, 5.41) is 11.4. The molecule has 0 radical (unpaired) electrons. The summed E-state index contributed by atoms with van der Waals surface area (Å²) in [7, 11) is 1.37. The summed E-state index contributed by atoms with van der Waals surface area (Å²) < 4.78 is 6.94. The highest BCUT2D eigenvalue weighted by Crippen LogP contribution is 2.27. The quantitative estimate of drug-likeness (QED) is 0.282. The lowest BCUT2D eigenvalue weighted by molar-refractivity contribution is 0.0600. The summed E-state index contributed by atoms with van der Waals surface area (Å²) >= 11 is 6.11. The average molecular weight is 427 g/mol. The summed E-state index contributed by atoms with van der Waals surface area (Å²) in [5.41, 5.74) is 4.80. The number of aromatic nitrogens is 1. The number of carbonyl (C=O) groups is 1. The molecule has 3 aromatic carbocycles. The van der Waals surface area contributed by atoms with Crippen LogP contribution in [-0.4, -0.2) is 17.6 Å². The molecule has 0 bridgehead atoms. The number of rotatable bonds is 5. The van der Waals surface area contributed by atoms with Crippen LogP contribution >= 0.6 is 11.6 Å². The maximum absolute atomic E-state index is 11.9. The first-order chi connectivity index (χ1) is 15.1. The first-order valence-electron chi connectivity index (χ1n) is 9.72. The molecule has 4 nitrogen and oxygen atoms in total. The number of hydrogen-bond acceptors (Lipinski definition) is 3.